The first-order valence-corrected chi connectivity index (χ1v) is 7.95. The number of nitrogen functional groups attached to an aromatic ring is 1. The Bertz CT molecular complexity index is 629. The van der Waals surface area contributed by atoms with Gasteiger partial charge in [0.25, 0.3) is 0 Å². The van der Waals surface area contributed by atoms with Crippen molar-refractivity contribution < 1.29 is 4.79 Å². The number of hydrogen-bond acceptors (Lipinski definition) is 3. The number of carbonyl (C=O) groups is 1. The second-order valence-electron chi connectivity index (χ2n) is 4.67. The second-order valence-corrected chi connectivity index (χ2v) is 6.28. The SMILES string of the molecule is Cc1cc(N)ccc1NC(=O)CCSc1ccc(Cl)cc1. The number of benzene rings is 2. The molecule has 1 amide bonds. The zero-order valence-electron chi connectivity index (χ0n) is 11.7. The molecule has 2 aromatic carbocycles. The molecule has 3 nitrogen and oxygen atoms in total. The van der Waals surface area contributed by atoms with E-state index in [-0.39, 0.29) is 5.91 Å². The van der Waals surface area contributed by atoms with Crippen molar-refractivity contribution in [1.29, 1.82) is 0 Å². The van der Waals surface area contributed by atoms with Crippen molar-refractivity contribution in [3.05, 3.63) is 53.1 Å². The van der Waals surface area contributed by atoms with E-state index in [1.165, 1.54) is 0 Å². The summed E-state index contributed by atoms with van der Waals surface area (Å²) in [5, 5.41) is 3.62. The van der Waals surface area contributed by atoms with Crippen LogP contribution in [0.25, 0.3) is 0 Å². The molecule has 0 unspecified atom stereocenters. The molecule has 0 aromatic heterocycles. The van der Waals surface area contributed by atoms with E-state index in [4.69, 9.17) is 17.3 Å². The topological polar surface area (TPSA) is 55.1 Å². The number of rotatable bonds is 5. The van der Waals surface area contributed by atoms with E-state index in [1.54, 1.807) is 17.8 Å². The van der Waals surface area contributed by atoms with E-state index >= 15 is 0 Å². The van der Waals surface area contributed by atoms with Crippen LogP contribution in [-0.2, 0) is 4.79 Å². The van der Waals surface area contributed by atoms with Gasteiger partial charge in [0.1, 0.15) is 0 Å². The predicted octanol–water partition coefficient (Wildman–Crippen LogP) is 4.35. The van der Waals surface area contributed by atoms with Crippen molar-refractivity contribution >= 4 is 40.6 Å². The van der Waals surface area contributed by atoms with Gasteiger partial charge in [0.05, 0.1) is 0 Å². The van der Waals surface area contributed by atoms with E-state index in [0.717, 1.165) is 26.9 Å². The van der Waals surface area contributed by atoms with Gasteiger partial charge in [-0.25, -0.2) is 0 Å². The molecule has 2 aromatic rings. The fourth-order valence-electron chi connectivity index (χ4n) is 1.83. The molecule has 5 heteroatoms. The number of hydrogen-bond donors (Lipinski definition) is 2. The van der Waals surface area contributed by atoms with Crippen LogP contribution in [0.3, 0.4) is 0 Å². The van der Waals surface area contributed by atoms with Gasteiger partial charge in [-0.3, -0.25) is 4.79 Å². The number of thioether (sulfide) groups is 1. The Hall–Kier alpha value is -1.65. The lowest BCUT2D eigenvalue weighted by atomic mass is 10.2. The maximum Gasteiger partial charge on any atom is 0.225 e. The van der Waals surface area contributed by atoms with E-state index in [1.807, 2.05) is 43.3 Å². The molecule has 0 saturated carbocycles. The molecule has 0 bridgehead atoms. The van der Waals surface area contributed by atoms with Gasteiger partial charge in [-0.1, -0.05) is 11.6 Å². The first-order valence-electron chi connectivity index (χ1n) is 6.59. The third-order valence-corrected chi connectivity index (χ3v) is 4.20. The Labute approximate surface area is 133 Å². The fourth-order valence-corrected chi connectivity index (χ4v) is 2.81. The largest absolute Gasteiger partial charge is 0.399 e. The first kappa shape index (κ1) is 15.7. The summed E-state index contributed by atoms with van der Waals surface area (Å²) in [6.45, 7) is 1.93. The summed E-state index contributed by atoms with van der Waals surface area (Å²) in [6.07, 6.45) is 0.455. The summed E-state index contributed by atoms with van der Waals surface area (Å²) in [5.41, 5.74) is 8.16. The number of amides is 1. The van der Waals surface area contributed by atoms with E-state index in [2.05, 4.69) is 5.32 Å². The van der Waals surface area contributed by atoms with Crippen molar-refractivity contribution in [1.82, 2.24) is 0 Å². The van der Waals surface area contributed by atoms with E-state index < -0.39 is 0 Å². The number of nitrogens with two attached hydrogens (primary N) is 1. The second kappa shape index (κ2) is 7.38. The van der Waals surface area contributed by atoms with Crippen LogP contribution in [0.15, 0.2) is 47.4 Å². The lowest BCUT2D eigenvalue weighted by molar-refractivity contribution is -0.115. The minimum Gasteiger partial charge on any atom is -0.399 e. The summed E-state index contributed by atoms with van der Waals surface area (Å²) in [6, 6.07) is 13.1. The van der Waals surface area contributed by atoms with Crippen LogP contribution < -0.4 is 11.1 Å². The number of nitrogens with one attached hydrogen (secondary N) is 1. The summed E-state index contributed by atoms with van der Waals surface area (Å²) in [4.78, 5) is 13.0. The number of aryl methyl sites for hydroxylation is 1. The van der Waals surface area contributed by atoms with E-state index in [0.29, 0.717) is 12.1 Å². The van der Waals surface area contributed by atoms with Gasteiger partial charge < -0.3 is 11.1 Å². The third-order valence-electron chi connectivity index (χ3n) is 2.94. The average Bonchev–Trinajstić information content (AvgIpc) is 2.44. The summed E-state index contributed by atoms with van der Waals surface area (Å²) >= 11 is 7.47. The van der Waals surface area contributed by atoms with Crippen molar-refractivity contribution in [2.75, 3.05) is 16.8 Å². The van der Waals surface area contributed by atoms with Gasteiger partial charge in [-0.2, -0.15) is 0 Å². The quantitative estimate of drug-likeness (QED) is 0.636. The van der Waals surface area contributed by atoms with Gasteiger partial charge >= 0.3 is 0 Å². The van der Waals surface area contributed by atoms with Gasteiger partial charge in [0, 0.05) is 33.5 Å². The Morgan fingerprint density at radius 3 is 2.62 bits per heavy atom. The molecular formula is C16H17ClN2OS. The highest BCUT2D eigenvalue weighted by Gasteiger charge is 2.05. The maximum atomic E-state index is 11.9. The Balaban J connectivity index is 1.81. The van der Waals surface area contributed by atoms with Crippen molar-refractivity contribution in [2.24, 2.45) is 0 Å². The summed E-state index contributed by atoms with van der Waals surface area (Å²) in [5.74, 6) is 0.728. The molecule has 0 aliphatic heterocycles. The smallest absolute Gasteiger partial charge is 0.225 e. The van der Waals surface area contributed by atoms with Gasteiger partial charge in [0.15, 0.2) is 0 Å². The highest BCUT2D eigenvalue weighted by atomic mass is 35.5. The Kier molecular flexibility index (Phi) is 5.53. The Morgan fingerprint density at radius 2 is 1.95 bits per heavy atom. The molecule has 0 heterocycles. The molecule has 0 atom stereocenters. The van der Waals surface area contributed by atoms with Gasteiger partial charge in [-0.15, -0.1) is 11.8 Å². The van der Waals surface area contributed by atoms with E-state index in [9.17, 15) is 4.79 Å². The number of halogens is 1. The summed E-state index contributed by atoms with van der Waals surface area (Å²) < 4.78 is 0. The molecule has 0 aliphatic rings. The molecule has 0 saturated heterocycles. The van der Waals surface area contributed by atoms with Crippen LogP contribution in [0.5, 0.6) is 0 Å². The fraction of sp³-hybridized carbons (Fsp3) is 0.188. The number of carbonyl (C=O) groups excluding carboxylic acids is 1. The third kappa shape index (κ3) is 4.99. The van der Waals surface area contributed by atoms with Crippen LogP contribution in [-0.4, -0.2) is 11.7 Å². The maximum absolute atomic E-state index is 11.9. The van der Waals surface area contributed by atoms with Crippen LogP contribution >= 0.6 is 23.4 Å². The Morgan fingerprint density at radius 1 is 1.24 bits per heavy atom. The average molecular weight is 321 g/mol. The normalized spacial score (nSPS) is 10.4. The predicted molar refractivity (Wildman–Crippen MR) is 91.0 cm³/mol. The number of anilines is 2. The zero-order valence-corrected chi connectivity index (χ0v) is 13.3. The van der Waals surface area contributed by atoms with Crippen LogP contribution in [0.1, 0.15) is 12.0 Å². The lowest BCUT2D eigenvalue weighted by Gasteiger charge is -2.09. The van der Waals surface area contributed by atoms with Crippen LogP contribution in [0.4, 0.5) is 11.4 Å². The molecule has 3 N–H and O–H groups in total. The van der Waals surface area contributed by atoms with Crippen LogP contribution in [0, 0.1) is 6.92 Å². The van der Waals surface area contributed by atoms with Crippen molar-refractivity contribution in [3.8, 4) is 0 Å². The van der Waals surface area contributed by atoms with Crippen molar-refractivity contribution in [2.45, 2.75) is 18.2 Å². The highest BCUT2D eigenvalue weighted by molar-refractivity contribution is 7.99. The molecule has 21 heavy (non-hydrogen) atoms. The zero-order chi connectivity index (χ0) is 15.2. The lowest BCUT2D eigenvalue weighted by Crippen LogP contribution is -2.13. The first-order chi connectivity index (χ1) is 10.0. The molecule has 0 fully saturated rings. The van der Waals surface area contributed by atoms with Gasteiger partial charge in [-0.05, 0) is 55.0 Å². The molecule has 2 rings (SSSR count). The highest BCUT2D eigenvalue weighted by Crippen LogP contribution is 2.22. The summed E-state index contributed by atoms with van der Waals surface area (Å²) in [7, 11) is 0. The standard InChI is InChI=1S/C16H17ClN2OS/c1-11-10-13(18)4-7-15(11)19-16(20)8-9-21-14-5-2-12(17)3-6-14/h2-7,10H,8-9,18H2,1H3,(H,19,20). The molecule has 110 valence electrons. The minimum atomic E-state index is 0.00401. The molecule has 0 radical (unpaired) electrons. The van der Waals surface area contributed by atoms with Crippen molar-refractivity contribution in [3.63, 3.8) is 0 Å². The molecule has 0 spiro atoms. The van der Waals surface area contributed by atoms with Gasteiger partial charge in [0.2, 0.25) is 5.91 Å². The monoisotopic (exact) mass is 320 g/mol. The molecule has 0 aliphatic carbocycles. The molecular weight excluding hydrogens is 304 g/mol. The van der Waals surface area contributed by atoms with Crippen LogP contribution in [0.2, 0.25) is 5.02 Å². The minimum absolute atomic E-state index is 0.00401.